The predicted molar refractivity (Wildman–Crippen MR) is 189 cm³/mol. The number of aromatic carboxylic acids is 1. The van der Waals surface area contributed by atoms with Gasteiger partial charge in [0.2, 0.25) is 0 Å². The molecule has 0 fully saturated rings. The fourth-order valence-corrected chi connectivity index (χ4v) is 4.27. The first-order chi connectivity index (χ1) is 20.8. The van der Waals surface area contributed by atoms with Gasteiger partial charge in [0, 0.05) is 5.97 Å². The van der Waals surface area contributed by atoms with Crippen LogP contribution in [-0.4, -0.2) is 35.8 Å². The first-order valence-electron chi connectivity index (χ1n) is 17.9. The van der Waals surface area contributed by atoms with Crippen LogP contribution in [0.1, 0.15) is 198 Å². The van der Waals surface area contributed by atoms with Gasteiger partial charge < -0.3 is 19.8 Å². The van der Waals surface area contributed by atoms with Crippen LogP contribution in [0.2, 0.25) is 0 Å². The van der Waals surface area contributed by atoms with Crippen molar-refractivity contribution in [2.45, 2.75) is 188 Å². The Hall–Kier alpha value is -1.04. The monoisotopic (exact) mass is 722 g/mol. The molecule has 0 spiro atoms. The normalized spacial score (nSPS) is 9.77. The molecular weight excluding hydrogens is 651 g/mol. The molecule has 0 saturated heterocycles. The molecule has 0 aliphatic heterocycles. The van der Waals surface area contributed by atoms with Crippen molar-refractivity contribution in [2.24, 2.45) is 0 Å². The number of carboxylic acid groups (broad SMARTS) is 2. The largest absolute Gasteiger partial charge is 2.00 e. The van der Waals surface area contributed by atoms with Crippen LogP contribution in [-0.2, 0) is 11.2 Å². The molecule has 0 amide bonds. The number of hydrogen-bond donors (Lipinski definition) is 0. The summed E-state index contributed by atoms with van der Waals surface area (Å²) in [5.74, 6) is -2.01. The smallest absolute Gasteiger partial charge is 0.550 e. The molecule has 0 heterocycles. The molecular formula is C39H70O4Sn. The minimum absolute atomic E-state index is 0. The van der Waals surface area contributed by atoms with Crippen molar-refractivity contribution >= 4 is 35.8 Å². The van der Waals surface area contributed by atoms with Crippen LogP contribution in [0.15, 0.2) is 24.3 Å². The number of aryl methyl sites for hydroxylation is 1. The molecule has 5 heteroatoms. The molecule has 0 aromatic heterocycles. The van der Waals surface area contributed by atoms with Crippen LogP contribution >= 0.6 is 0 Å². The number of hydrogen-bond acceptors (Lipinski definition) is 4. The Balaban J connectivity index is -0.000000315. The van der Waals surface area contributed by atoms with Gasteiger partial charge in [-0.2, -0.15) is 0 Å². The number of unbranched alkanes of at least 4 members (excludes halogenated alkanes) is 19. The van der Waals surface area contributed by atoms with Gasteiger partial charge in [-0.05, 0) is 30.4 Å². The summed E-state index contributed by atoms with van der Waals surface area (Å²) in [5.41, 5.74) is 1.41. The van der Waals surface area contributed by atoms with Crippen LogP contribution in [0, 0.1) is 13.8 Å². The molecule has 1 rings (SSSR count). The van der Waals surface area contributed by atoms with Crippen LogP contribution in [0.25, 0.3) is 0 Å². The molecule has 0 atom stereocenters. The third-order valence-corrected chi connectivity index (χ3v) is 7.17. The minimum atomic E-state index is -1.11. The maximum absolute atomic E-state index is 10.4. The fourth-order valence-electron chi connectivity index (χ4n) is 4.27. The van der Waals surface area contributed by atoms with Gasteiger partial charge in [-0.25, -0.2) is 0 Å². The molecule has 0 saturated carbocycles. The van der Waals surface area contributed by atoms with E-state index in [0.29, 0.717) is 0 Å². The van der Waals surface area contributed by atoms with Gasteiger partial charge in [0.1, 0.15) is 0 Å². The summed E-state index contributed by atoms with van der Waals surface area (Å²) >= 11 is 0. The van der Waals surface area contributed by atoms with E-state index in [4.69, 9.17) is 0 Å². The van der Waals surface area contributed by atoms with Crippen LogP contribution in [0.4, 0.5) is 0 Å². The summed E-state index contributed by atoms with van der Waals surface area (Å²) in [6.45, 7) is 15.8. The second-order valence-corrected chi connectivity index (χ2v) is 11.6. The number of carboxylic acids is 2. The van der Waals surface area contributed by atoms with E-state index in [1.165, 1.54) is 121 Å². The average Bonchev–Trinajstić information content (AvgIpc) is 3.01. The van der Waals surface area contributed by atoms with E-state index in [-0.39, 0.29) is 35.9 Å². The van der Waals surface area contributed by atoms with E-state index in [1.54, 1.807) is 12.1 Å². The van der Waals surface area contributed by atoms with E-state index >= 15 is 0 Å². The molecule has 0 N–H and O–H groups in total. The van der Waals surface area contributed by atoms with Crippen molar-refractivity contribution in [3.05, 3.63) is 49.2 Å². The van der Waals surface area contributed by atoms with Gasteiger partial charge in [-0.15, -0.1) is 0 Å². The summed E-state index contributed by atoms with van der Waals surface area (Å²) in [5, 5.41) is 20.6. The Labute approximate surface area is 291 Å². The van der Waals surface area contributed by atoms with Crippen LogP contribution in [0.3, 0.4) is 0 Å². The van der Waals surface area contributed by atoms with Crippen LogP contribution < -0.4 is 10.2 Å². The number of carbonyl (C=O) groups excluding carboxylic acids is 2. The molecule has 4 radical (unpaired) electrons. The number of rotatable bonds is 24. The molecule has 0 aliphatic carbocycles. The van der Waals surface area contributed by atoms with E-state index in [9.17, 15) is 19.8 Å². The van der Waals surface area contributed by atoms with Crippen molar-refractivity contribution in [3.63, 3.8) is 0 Å². The quantitative estimate of drug-likeness (QED) is 0.0787. The molecule has 1 aromatic carbocycles. The zero-order chi connectivity index (χ0) is 32.8. The fraction of sp³-hybridized carbons (Fsp3) is 0.744. The first-order valence-corrected chi connectivity index (χ1v) is 17.9. The molecule has 44 heavy (non-hydrogen) atoms. The second-order valence-electron chi connectivity index (χ2n) is 11.6. The van der Waals surface area contributed by atoms with Gasteiger partial charge in [0.15, 0.2) is 0 Å². The summed E-state index contributed by atoms with van der Waals surface area (Å²) < 4.78 is 0. The van der Waals surface area contributed by atoms with Crippen molar-refractivity contribution < 1.29 is 19.8 Å². The molecule has 4 nitrogen and oxygen atoms in total. The Morgan fingerprint density at radius 3 is 1.09 bits per heavy atom. The molecule has 254 valence electrons. The summed E-state index contributed by atoms with van der Waals surface area (Å²) in [4.78, 5) is 20.6. The molecule has 1 aromatic rings. The van der Waals surface area contributed by atoms with E-state index < -0.39 is 11.9 Å². The number of carbonyl (C=O) groups is 2. The third kappa shape index (κ3) is 45.4. The summed E-state index contributed by atoms with van der Waals surface area (Å²) in [7, 11) is 0. The molecule has 0 unspecified atom stereocenters. The zero-order valence-corrected chi connectivity index (χ0v) is 32.4. The number of benzene rings is 1. The van der Waals surface area contributed by atoms with E-state index in [1.807, 2.05) is 12.1 Å². The summed E-state index contributed by atoms with van der Waals surface area (Å²) in [6, 6.07) is 6.82. The maximum atomic E-state index is 10.4. The maximum Gasteiger partial charge on any atom is 2.00 e. The van der Waals surface area contributed by atoms with Gasteiger partial charge >= 0.3 is 23.9 Å². The Morgan fingerprint density at radius 1 is 0.523 bits per heavy atom. The van der Waals surface area contributed by atoms with Gasteiger partial charge in [0.25, 0.3) is 0 Å². The second kappa shape index (κ2) is 44.1. The van der Waals surface area contributed by atoms with Crippen molar-refractivity contribution in [1.29, 1.82) is 0 Å². The topological polar surface area (TPSA) is 80.3 Å². The Morgan fingerprint density at radius 2 is 0.841 bits per heavy atom. The van der Waals surface area contributed by atoms with E-state index in [2.05, 4.69) is 41.5 Å². The average molecular weight is 722 g/mol. The van der Waals surface area contributed by atoms with Crippen molar-refractivity contribution in [2.75, 3.05) is 0 Å². The predicted octanol–water partition coefficient (Wildman–Crippen LogP) is 10.0. The van der Waals surface area contributed by atoms with Crippen molar-refractivity contribution in [1.82, 2.24) is 0 Å². The third-order valence-electron chi connectivity index (χ3n) is 7.17. The Bertz CT molecular complexity index is 667. The van der Waals surface area contributed by atoms with Gasteiger partial charge in [-0.3, -0.25) is 0 Å². The van der Waals surface area contributed by atoms with Crippen LogP contribution in [0.5, 0.6) is 0 Å². The SMILES string of the molecule is CCCCCCCCCCCCCCCCCCCCC(=O)[O-].CCCc1ccc(C(=O)[O-])cc1.[CH2]CCC.[CH2]CCC.[Sn+2]. The van der Waals surface area contributed by atoms with Gasteiger partial charge in [-0.1, -0.05) is 207 Å². The first kappa shape index (κ1) is 49.8. The zero-order valence-electron chi connectivity index (χ0n) is 29.5. The number of aliphatic carboxylic acids is 1. The summed E-state index contributed by atoms with van der Waals surface area (Å²) in [6.07, 6.45) is 30.9. The minimum Gasteiger partial charge on any atom is -0.550 e. The Kier molecular flexibility index (Phi) is 49.9. The van der Waals surface area contributed by atoms with Gasteiger partial charge in [0.05, 0.1) is 5.97 Å². The molecule has 0 bridgehead atoms. The van der Waals surface area contributed by atoms with E-state index in [0.717, 1.165) is 38.5 Å². The van der Waals surface area contributed by atoms with Crippen molar-refractivity contribution in [3.8, 4) is 0 Å². The standard InChI is InChI=1S/C21H42O2.C10H12O2.2C4H9.Sn/c1-2-3-4-5-6-7-8-9-10-11-12-13-14-15-16-17-18-19-20-21(22)23;1-2-3-8-4-6-9(7-5-8)10(11)12;2*1-3-4-2;/h2-20H2,1H3,(H,22,23);4-7H,2-3H2,1H3,(H,11,12);2*1,3-4H2,2H3;/q;;;;+2/p-2. The molecule has 0 aliphatic rings.